The summed E-state index contributed by atoms with van der Waals surface area (Å²) in [5.41, 5.74) is 1.40. The number of amides is 2. The van der Waals surface area contributed by atoms with Crippen molar-refractivity contribution < 1.29 is 14.3 Å². The van der Waals surface area contributed by atoms with Crippen LogP contribution < -0.4 is 10.6 Å². The number of carbonyl (C=O) groups excluding carboxylic acids is 2. The van der Waals surface area contributed by atoms with Gasteiger partial charge in [0.2, 0.25) is 5.91 Å². The van der Waals surface area contributed by atoms with Crippen LogP contribution in [-0.2, 0) is 14.9 Å². The summed E-state index contributed by atoms with van der Waals surface area (Å²) in [4.78, 5) is 24.8. The molecule has 0 aromatic heterocycles. The lowest BCUT2D eigenvalue weighted by Gasteiger charge is -2.40. The standard InChI is InChI=1S/C20H21ClN2O3/c1-2-10-22-19(25)20(12-26-13-20)15-6-8-17(9-7-15)23-18(24)14-4-3-5-16(21)11-14/h3-9,11H,2,10,12-13H2,1H3,(H,22,25)(H,23,24). The van der Waals surface area contributed by atoms with Crippen molar-refractivity contribution >= 4 is 29.1 Å². The van der Waals surface area contributed by atoms with Gasteiger partial charge < -0.3 is 15.4 Å². The van der Waals surface area contributed by atoms with E-state index in [0.29, 0.717) is 36.0 Å². The summed E-state index contributed by atoms with van der Waals surface area (Å²) in [5, 5.41) is 6.29. The number of ether oxygens (including phenoxy) is 1. The molecular weight excluding hydrogens is 352 g/mol. The van der Waals surface area contributed by atoms with Crippen LogP contribution in [0.5, 0.6) is 0 Å². The first kappa shape index (κ1) is 18.4. The summed E-state index contributed by atoms with van der Waals surface area (Å²) in [6.07, 6.45) is 0.886. The molecular formula is C20H21ClN2O3. The Hall–Kier alpha value is -2.37. The van der Waals surface area contributed by atoms with Crippen LogP contribution in [0, 0.1) is 0 Å². The third kappa shape index (κ3) is 3.74. The lowest BCUT2D eigenvalue weighted by Crippen LogP contribution is -2.57. The van der Waals surface area contributed by atoms with Crippen molar-refractivity contribution in [3.05, 3.63) is 64.7 Å². The zero-order valence-corrected chi connectivity index (χ0v) is 15.3. The first-order valence-corrected chi connectivity index (χ1v) is 8.96. The topological polar surface area (TPSA) is 67.4 Å². The minimum Gasteiger partial charge on any atom is -0.378 e. The summed E-state index contributed by atoms with van der Waals surface area (Å²) >= 11 is 5.92. The van der Waals surface area contributed by atoms with Gasteiger partial charge in [0.05, 0.1) is 13.2 Å². The van der Waals surface area contributed by atoms with E-state index in [-0.39, 0.29) is 11.8 Å². The predicted octanol–water partition coefficient (Wildman–Crippen LogP) is 3.39. The van der Waals surface area contributed by atoms with E-state index >= 15 is 0 Å². The summed E-state index contributed by atoms with van der Waals surface area (Å²) in [6.45, 7) is 3.41. The van der Waals surface area contributed by atoms with Crippen LogP contribution in [0.2, 0.25) is 5.02 Å². The number of hydrogen-bond donors (Lipinski definition) is 2. The summed E-state index contributed by atoms with van der Waals surface area (Å²) in [6, 6.07) is 14.1. The Morgan fingerprint density at radius 3 is 2.46 bits per heavy atom. The van der Waals surface area contributed by atoms with Crippen LogP contribution in [0.4, 0.5) is 5.69 Å². The maximum absolute atomic E-state index is 12.5. The molecule has 0 unspecified atom stereocenters. The molecule has 0 saturated carbocycles. The molecule has 2 aromatic rings. The third-order valence-electron chi connectivity index (χ3n) is 4.45. The van der Waals surface area contributed by atoms with E-state index in [1.165, 1.54) is 0 Å². The van der Waals surface area contributed by atoms with Gasteiger partial charge in [-0.05, 0) is 42.3 Å². The van der Waals surface area contributed by atoms with Crippen molar-refractivity contribution in [2.75, 3.05) is 25.1 Å². The SMILES string of the molecule is CCCNC(=O)C1(c2ccc(NC(=O)c3cccc(Cl)c3)cc2)COC1. The summed E-state index contributed by atoms with van der Waals surface area (Å²) in [7, 11) is 0. The number of anilines is 1. The quantitative estimate of drug-likeness (QED) is 0.816. The molecule has 6 heteroatoms. The van der Waals surface area contributed by atoms with Crippen LogP contribution in [0.15, 0.2) is 48.5 Å². The molecule has 5 nitrogen and oxygen atoms in total. The molecule has 136 valence electrons. The third-order valence-corrected chi connectivity index (χ3v) is 4.68. The highest BCUT2D eigenvalue weighted by Crippen LogP contribution is 2.33. The average molecular weight is 373 g/mol. The van der Waals surface area contributed by atoms with Crippen LogP contribution in [0.3, 0.4) is 0 Å². The second kappa shape index (κ2) is 7.89. The lowest BCUT2D eigenvalue weighted by atomic mass is 9.77. The summed E-state index contributed by atoms with van der Waals surface area (Å²) in [5.74, 6) is -0.246. The van der Waals surface area contributed by atoms with Crippen LogP contribution in [-0.4, -0.2) is 31.6 Å². The molecule has 3 rings (SSSR count). The van der Waals surface area contributed by atoms with Crippen LogP contribution in [0.1, 0.15) is 29.3 Å². The second-order valence-corrected chi connectivity index (χ2v) is 6.81. The minimum atomic E-state index is -0.634. The van der Waals surface area contributed by atoms with E-state index in [9.17, 15) is 9.59 Å². The number of benzene rings is 2. The smallest absolute Gasteiger partial charge is 0.255 e. The van der Waals surface area contributed by atoms with Crippen molar-refractivity contribution in [3.8, 4) is 0 Å². The van der Waals surface area contributed by atoms with Crippen molar-refractivity contribution in [2.45, 2.75) is 18.8 Å². The molecule has 0 aliphatic carbocycles. The molecule has 1 aliphatic heterocycles. The van der Waals surface area contributed by atoms with Gasteiger partial charge in [0, 0.05) is 22.8 Å². The molecule has 2 aromatic carbocycles. The van der Waals surface area contributed by atoms with E-state index in [1.54, 1.807) is 36.4 Å². The molecule has 1 heterocycles. The molecule has 0 radical (unpaired) electrons. The Morgan fingerprint density at radius 2 is 1.88 bits per heavy atom. The normalized spacial score (nSPS) is 15.0. The molecule has 1 aliphatic rings. The van der Waals surface area contributed by atoms with E-state index in [2.05, 4.69) is 10.6 Å². The van der Waals surface area contributed by atoms with Crippen molar-refractivity contribution in [3.63, 3.8) is 0 Å². The highest BCUT2D eigenvalue weighted by atomic mass is 35.5. The van der Waals surface area contributed by atoms with Gasteiger partial charge in [-0.2, -0.15) is 0 Å². The Balaban J connectivity index is 1.72. The van der Waals surface area contributed by atoms with Gasteiger partial charge in [0.1, 0.15) is 5.41 Å². The van der Waals surface area contributed by atoms with E-state index in [0.717, 1.165) is 12.0 Å². The van der Waals surface area contributed by atoms with Crippen LogP contribution in [0.25, 0.3) is 0 Å². The van der Waals surface area contributed by atoms with Gasteiger partial charge in [-0.1, -0.05) is 36.7 Å². The maximum Gasteiger partial charge on any atom is 0.255 e. The fraction of sp³-hybridized carbons (Fsp3) is 0.300. The fourth-order valence-electron chi connectivity index (χ4n) is 2.85. The Bertz CT molecular complexity index is 801. The number of carbonyl (C=O) groups is 2. The van der Waals surface area contributed by atoms with Crippen LogP contribution >= 0.6 is 11.6 Å². The van der Waals surface area contributed by atoms with Crippen molar-refractivity contribution in [2.24, 2.45) is 0 Å². The Kier molecular flexibility index (Phi) is 5.59. The highest BCUT2D eigenvalue weighted by Gasteiger charge is 2.47. The van der Waals surface area contributed by atoms with Gasteiger partial charge in [-0.25, -0.2) is 0 Å². The molecule has 1 fully saturated rings. The van der Waals surface area contributed by atoms with Gasteiger partial charge in [0.25, 0.3) is 5.91 Å². The second-order valence-electron chi connectivity index (χ2n) is 6.37. The molecule has 26 heavy (non-hydrogen) atoms. The number of hydrogen-bond acceptors (Lipinski definition) is 3. The average Bonchev–Trinajstić information content (AvgIpc) is 2.60. The first-order valence-electron chi connectivity index (χ1n) is 8.59. The number of rotatable bonds is 6. The summed E-state index contributed by atoms with van der Waals surface area (Å²) < 4.78 is 5.31. The maximum atomic E-state index is 12.5. The molecule has 2 amide bonds. The Labute approximate surface area is 157 Å². The zero-order chi connectivity index (χ0) is 18.6. The number of nitrogens with one attached hydrogen (secondary N) is 2. The first-order chi connectivity index (χ1) is 12.5. The lowest BCUT2D eigenvalue weighted by molar-refractivity contribution is -0.145. The Morgan fingerprint density at radius 1 is 1.15 bits per heavy atom. The molecule has 0 atom stereocenters. The van der Waals surface area contributed by atoms with E-state index in [1.807, 2.05) is 19.1 Å². The molecule has 0 spiro atoms. The predicted molar refractivity (Wildman–Crippen MR) is 102 cm³/mol. The molecule has 0 bridgehead atoms. The number of halogens is 1. The van der Waals surface area contributed by atoms with Gasteiger partial charge >= 0.3 is 0 Å². The van der Waals surface area contributed by atoms with Gasteiger partial charge in [-0.15, -0.1) is 0 Å². The molecule has 1 saturated heterocycles. The van der Waals surface area contributed by atoms with Gasteiger partial charge in [0.15, 0.2) is 0 Å². The van der Waals surface area contributed by atoms with E-state index < -0.39 is 5.41 Å². The zero-order valence-electron chi connectivity index (χ0n) is 14.5. The minimum absolute atomic E-state index is 0.0127. The molecule has 2 N–H and O–H groups in total. The highest BCUT2D eigenvalue weighted by molar-refractivity contribution is 6.31. The van der Waals surface area contributed by atoms with E-state index in [4.69, 9.17) is 16.3 Å². The van der Waals surface area contributed by atoms with Crippen molar-refractivity contribution in [1.29, 1.82) is 0 Å². The van der Waals surface area contributed by atoms with Gasteiger partial charge in [-0.3, -0.25) is 9.59 Å². The monoisotopic (exact) mass is 372 g/mol. The van der Waals surface area contributed by atoms with Crippen molar-refractivity contribution in [1.82, 2.24) is 5.32 Å². The fourth-order valence-corrected chi connectivity index (χ4v) is 3.04. The largest absolute Gasteiger partial charge is 0.378 e.